The Balaban J connectivity index is 1.78. The first-order valence-electron chi connectivity index (χ1n) is 6.48. The van der Waals surface area contributed by atoms with Gasteiger partial charge in [0.15, 0.2) is 0 Å². The van der Waals surface area contributed by atoms with E-state index in [0.717, 1.165) is 31.4 Å². The van der Waals surface area contributed by atoms with Gasteiger partial charge in [-0.15, -0.1) is 0 Å². The van der Waals surface area contributed by atoms with Crippen molar-refractivity contribution in [1.82, 2.24) is 10.6 Å². The number of methoxy groups -OCH3 is 1. The van der Waals surface area contributed by atoms with Crippen molar-refractivity contribution in [2.24, 2.45) is 0 Å². The van der Waals surface area contributed by atoms with Crippen LogP contribution >= 0.6 is 11.6 Å². The van der Waals surface area contributed by atoms with E-state index in [0.29, 0.717) is 5.02 Å². The van der Waals surface area contributed by atoms with Crippen molar-refractivity contribution in [1.29, 1.82) is 0 Å². The van der Waals surface area contributed by atoms with Crippen LogP contribution in [0.3, 0.4) is 0 Å². The van der Waals surface area contributed by atoms with Crippen molar-refractivity contribution in [3.8, 4) is 5.75 Å². The van der Waals surface area contributed by atoms with Crippen LogP contribution < -0.4 is 15.4 Å². The molecule has 0 heterocycles. The van der Waals surface area contributed by atoms with Crippen LogP contribution in [0.1, 0.15) is 24.0 Å². The molecule has 0 bridgehead atoms. The van der Waals surface area contributed by atoms with Crippen molar-refractivity contribution in [2.45, 2.75) is 32.4 Å². The first kappa shape index (κ1) is 13.7. The van der Waals surface area contributed by atoms with Gasteiger partial charge in [0.2, 0.25) is 0 Å². The second kappa shape index (κ2) is 6.41. The summed E-state index contributed by atoms with van der Waals surface area (Å²) in [5.41, 5.74) is 2.44. The zero-order chi connectivity index (χ0) is 13.0. The Labute approximate surface area is 114 Å². The lowest BCUT2D eigenvalue weighted by atomic mass is 10.1. The Morgan fingerprint density at radius 3 is 2.78 bits per heavy atom. The van der Waals surface area contributed by atoms with Gasteiger partial charge in [0.25, 0.3) is 0 Å². The lowest BCUT2D eigenvalue weighted by molar-refractivity contribution is 0.414. The summed E-state index contributed by atoms with van der Waals surface area (Å²) in [5, 5.41) is 7.58. The van der Waals surface area contributed by atoms with Crippen LogP contribution in [0.5, 0.6) is 5.75 Å². The third-order valence-electron chi connectivity index (χ3n) is 3.24. The highest BCUT2D eigenvalue weighted by Gasteiger charge is 2.19. The molecular weight excluding hydrogens is 248 g/mol. The topological polar surface area (TPSA) is 33.3 Å². The maximum absolute atomic E-state index is 6.13. The highest BCUT2D eigenvalue weighted by molar-refractivity contribution is 6.32. The standard InChI is InChI=1S/C14H21ClN2O/c1-10-7-14(18-2)13(15)8-11(10)9-16-5-6-17-12-3-4-12/h7-8,12,16-17H,3-6,9H2,1-2H3. The van der Waals surface area contributed by atoms with E-state index < -0.39 is 0 Å². The van der Waals surface area contributed by atoms with Gasteiger partial charge in [-0.05, 0) is 43.0 Å². The van der Waals surface area contributed by atoms with E-state index >= 15 is 0 Å². The van der Waals surface area contributed by atoms with E-state index in [9.17, 15) is 0 Å². The lowest BCUT2D eigenvalue weighted by Gasteiger charge is -2.11. The highest BCUT2D eigenvalue weighted by atomic mass is 35.5. The molecule has 1 aromatic rings. The van der Waals surface area contributed by atoms with Crippen LogP contribution in [0.25, 0.3) is 0 Å². The fourth-order valence-electron chi connectivity index (χ4n) is 1.92. The summed E-state index contributed by atoms with van der Waals surface area (Å²) in [4.78, 5) is 0. The van der Waals surface area contributed by atoms with Gasteiger partial charge in [0.05, 0.1) is 12.1 Å². The summed E-state index contributed by atoms with van der Waals surface area (Å²) in [7, 11) is 1.64. The van der Waals surface area contributed by atoms with Gasteiger partial charge in [-0.1, -0.05) is 11.6 Å². The van der Waals surface area contributed by atoms with Crippen molar-refractivity contribution in [3.63, 3.8) is 0 Å². The Morgan fingerprint density at radius 1 is 1.33 bits per heavy atom. The fraction of sp³-hybridized carbons (Fsp3) is 0.571. The Bertz CT molecular complexity index is 405. The number of hydrogen-bond donors (Lipinski definition) is 2. The van der Waals surface area contributed by atoms with Crippen LogP contribution in [-0.2, 0) is 6.54 Å². The number of halogens is 1. The van der Waals surface area contributed by atoms with Gasteiger partial charge >= 0.3 is 0 Å². The maximum atomic E-state index is 6.13. The summed E-state index contributed by atoms with van der Waals surface area (Å²) in [6.07, 6.45) is 2.68. The predicted octanol–water partition coefficient (Wildman–Crippen LogP) is 2.50. The minimum Gasteiger partial charge on any atom is -0.495 e. The summed E-state index contributed by atoms with van der Waals surface area (Å²) in [6.45, 7) is 4.95. The van der Waals surface area contributed by atoms with Crippen LogP contribution in [0.2, 0.25) is 5.02 Å². The first-order valence-corrected chi connectivity index (χ1v) is 6.85. The van der Waals surface area contributed by atoms with Gasteiger partial charge in [-0.2, -0.15) is 0 Å². The Kier molecular flexibility index (Phi) is 4.87. The zero-order valence-electron chi connectivity index (χ0n) is 11.1. The molecule has 0 spiro atoms. The number of hydrogen-bond acceptors (Lipinski definition) is 3. The zero-order valence-corrected chi connectivity index (χ0v) is 11.8. The molecule has 0 unspecified atom stereocenters. The molecule has 2 N–H and O–H groups in total. The highest BCUT2D eigenvalue weighted by Crippen LogP contribution is 2.27. The molecule has 0 amide bonds. The smallest absolute Gasteiger partial charge is 0.137 e. The number of aryl methyl sites for hydroxylation is 1. The summed E-state index contributed by atoms with van der Waals surface area (Å²) in [6, 6.07) is 4.75. The second-order valence-corrected chi connectivity index (χ2v) is 5.23. The molecule has 1 aliphatic carbocycles. The lowest BCUT2D eigenvalue weighted by Crippen LogP contribution is -2.28. The SMILES string of the molecule is COc1cc(C)c(CNCCNC2CC2)cc1Cl. The molecule has 1 aliphatic rings. The van der Waals surface area contributed by atoms with Crippen molar-refractivity contribution in [3.05, 3.63) is 28.3 Å². The Morgan fingerprint density at radius 2 is 2.11 bits per heavy atom. The summed E-state index contributed by atoms with van der Waals surface area (Å²) >= 11 is 6.13. The van der Waals surface area contributed by atoms with Gasteiger partial charge in [0, 0.05) is 25.7 Å². The summed E-state index contributed by atoms with van der Waals surface area (Å²) < 4.78 is 5.19. The molecule has 0 saturated heterocycles. The monoisotopic (exact) mass is 268 g/mol. The molecule has 2 rings (SSSR count). The quantitative estimate of drug-likeness (QED) is 0.746. The van der Waals surface area contributed by atoms with Crippen LogP contribution in [0, 0.1) is 6.92 Å². The average molecular weight is 269 g/mol. The predicted molar refractivity (Wildman–Crippen MR) is 75.5 cm³/mol. The van der Waals surface area contributed by atoms with E-state index in [2.05, 4.69) is 17.6 Å². The molecule has 0 aromatic heterocycles. The van der Waals surface area contributed by atoms with E-state index in [-0.39, 0.29) is 0 Å². The molecular formula is C14H21ClN2O. The third kappa shape index (κ3) is 3.87. The molecule has 1 saturated carbocycles. The third-order valence-corrected chi connectivity index (χ3v) is 3.53. The Hall–Kier alpha value is -0.770. The minimum atomic E-state index is 0.677. The van der Waals surface area contributed by atoms with E-state index in [1.165, 1.54) is 24.0 Å². The number of nitrogens with one attached hydrogen (secondary N) is 2. The molecule has 1 aromatic carbocycles. The largest absolute Gasteiger partial charge is 0.495 e. The first-order chi connectivity index (χ1) is 8.70. The van der Waals surface area contributed by atoms with Crippen LogP contribution in [-0.4, -0.2) is 26.2 Å². The molecule has 0 radical (unpaired) electrons. The molecule has 4 heteroatoms. The van der Waals surface area contributed by atoms with Crippen LogP contribution in [0.15, 0.2) is 12.1 Å². The molecule has 1 fully saturated rings. The fourth-order valence-corrected chi connectivity index (χ4v) is 2.18. The second-order valence-electron chi connectivity index (χ2n) is 4.82. The van der Waals surface area contributed by atoms with Gasteiger partial charge < -0.3 is 15.4 Å². The van der Waals surface area contributed by atoms with Crippen molar-refractivity contribution < 1.29 is 4.74 Å². The number of ether oxygens (including phenoxy) is 1. The number of benzene rings is 1. The maximum Gasteiger partial charge on any atom is 0.137 e. The molecule has 18 heavy (non-hydrogen) atoms. The molecule has 100 valence electrons. The summed E-state index contributed by atoms with van der Waals surface area (Å²) in [5.74, 6) is 0.744. The molecule has 3 nitrogen and oxygen atoms in total. The van der Waals surface area contributed by atoms with Gasteiger partial charge in [0.1, 0.15) is 5.75 Å². The number of rotatable bonds is 7. The van der Waals surface area contributed by atoms with Gasteiger partial charge in [-0.25, -0.2) is 0 Å². The molecule has 0 aliphatic heterocycles. The van der Waals surface area contributed by atoms with Crippen LogP contribution in [0.4, 0.5) is 0 Å². The minimum absolute atomic E-state index is 0.677. The normalized spacial score (nSPS) is 14.8. The van der Waals surface area contributed by atoms with E-state index in [1.807, 2.05) is 12.1 Å². The van der Waals surface area contributed by atoms with Crippen molar-refractivity contribution >= 4 is 11.6 Å². The van der Waals surface area contributed by atoms with Crippen molar-refractivity contribution in [2.75, 3.05) is 20.2 Å². The van der Waals surface area contributed by atoms with E-state index in [1.54, 1.807) is 7.11 Å². The molecule has 0 atom stereocenters. The average Bonchev–Trinajstić information content (AvgIpc) is 3.16. The van der Waals surface area contributed by atoms with E-state index in [4.69, 9.17) is 16.3 Å². The van der Waals surface area contributed by atoms with Gasteiger partial charge in [-0.3, -0.25) is 0 Å².